The third-order valence-corrected chi connectivity index (χ3v) is 3.55. The molecule has 116 valence electrons. The molecule has 0 saturated heterocycles. The highest BCUT2D eigenvalue weighted by Crippen LogP contribution is 2.19. The first-order valence-electron chi connectivity index (χ1n) is 7.09. The number of carbonyl (C=O) groups excluding carboxylic acids is 2. The predicted octanol–water partition coefficient (Wildman–Crippen LogP) is 3.10. The number of ketones is 1. The summed E-state index contributed by atoms with van der Waals surface area (Å²) in [5.41, 5.74) is 1.91. The van der Waals surface area contributed by atoms with Crippen LogP contribution in [-0.4, -0.2) is 23.8 Å². The van der Waals surface area contributed by atoms with Gasteiger partial charge < -0.3 is 14.5 Å². The van der Waals surface area contributed by atoms with Gasteiger partial charge in [0, 0.05) is 17.1 Å². The Hall–Kier alpha value is -3.08. The molecule has 3 aromatic rings. The molecule has 0 saturated carbocycles. The van der Waals surface area contributed by atoms with Gasteiger partial charge in [-0.25, -0.2) is 4.79 Å². The number of ether oxygens (including phenoxy) is 2. The van der Waals surface area contributed by atoms with E-state index in [0.717, 1.165) is 16.8 Å². The van der Waals surface area contributed by atoms with E-state index in [0.29, 0.717) is 10.9 Å². The lowest BCUT2D eigenvalue weighted by Crippen LogP contribution is -2.17. The number of hydrogen-bond donors (Lipinski definition) is 1. The molecular formula is C18H15NO4. The van der Waals surface area contributed by atoms with Crippen LogP contribution in [0.2, 0.25) is 0 Å². The molecule has 5 heteroatoms. The number of H-pyrrole nitrogens is 1. The van der Waals surface area contributed by atoms with E-state index < -0.39 is 11.8 Å². The molecule has 1 heterocycles. The van der Waals surface area contributed by atoms with Crippen molar-refractivity contribution in [2.45, 2.75) is 6.61 Å². The SMILES string of the molecule is COc1ccc(COC(=O)C(=O)c2c[nH]c3ccccc23)cc1. The number of carbonyl (C=O) groups is 2. The number of benzene rings is 2. The number of para-hydroxylation sites is 1. The number of nitrogens with one attached hydrogen (secondary N) is 1. The number of aromatic nitrogens is 1. The summed E-state index contributed by atoms with van der Waals surface area (Å²) < 4.78 is 10.2. The molecule has 0 aliphatic carbocycles. The van der Waals surface area contributed by atoms with Gasteiger partial charge in [0.15, 0.2) is 0 Å². The Kier molecular flexibility index (Phi) is 4.10. The van der Waals surface area contributed by atoms with Crippen molar-refractivity contribution in [1.82, 2.24) is 4.98 Å². The van der Waals surface area contributed by atoms with Crippen LogP contribution in [0.1, 0.15) is 15.9 Å². The van der Waals surface area contributed by atoms with E-state index in [4.69, 9.17) is 9.47 Å². The van der Waals surface area contributed by atoms with Gasteiger partial charge in [0.25, 0.3) is 5.78 Å². The van der Waals surface area contributed by atoms with Gasteiger partial charge >= 0.3 is 5.97 Å². The lowest BCUT2D eigenvalue weighted by Gasteiger charge is -2.05. The standard InChI is InChI=1S/C18H15NO4/c1-22-13-8-6-12(7-9-13)11-23-18(21)17(20)15-10-19-16-5-3-2-4-14(15)16/h2-10,19H,11H2,1H3. The molecule has 0 atom stereocenters. The summed E-state index contributed by atoms with van der Waals surface area (Å²) in [6.45, 7) is 0.0386. The average Bonchev–Trinajstić information content (AvgIpc) is 3.03. The smallest absolute Gasteiger partial charge is 0.380 e. The van der Waals surface area contributed by atoms with Crippen molar-refractivity contribution in [2.75, 3.05) is 7.11 Å². The number of aromatic amines is 1. The van der Waals surface area contributed by atoms with Crippen molar-refractivity contribution in [3.8, 4) is 5.75 Å². The molecule has 3 rings (SSSR count). The molecule has 0 aliphatic heterocycles. The zero-order valence-corrected chi connectivity index (χ0v) is 12.5. The van der Waals surface area contributed by atoms with Crippen LogP contribution < -0.4 is 4.74 Å². The summed E-state index contributed by atoms with van der Waals surface area (Å²) in [6.07, 6.45) is 1.53. The molecule has 23 heavy (non-hydrogen) atoms. The summed E-state index contributed by atoms with van der Waals surface area (Å²) >= 11 is 0. The van der Waals surface area contributed by atoms with Crippen molar-refractivity contribution >= 4 is 22.7 Å². The van der Waals surface area contributed by atoms with Gasteiger partial charge in [-0.15, -0.1) is 0 Å². The Morgan fingerprint density at radius 2 is 1.78 bits per heavy atom. The predicted molar refractivity (Wildman–Crippen MR) is 85.4 cm³/mol. The van der Waals surface area contributed by atoms with Gasteiger partial charge in [-0.1, -0.05) is 30.3 Å². The Morgan fingerprint density at radius 3 is 2.52 bits per heavy atom. The molecular weight excluding hydrogens is 294 g/mol. The van der Waals surface area contributed by atoms with Crippen LogP contribution >= 0.6 is 0 Å². The largest absolute Gasteiger partial charge is 0.497 e. The van der Waals surface area contributed by atoms with Crippen molar-refractivity contribution < 1.29 is 19.1 Å². The van der Waals surface area contributed by atoms with E-state index in [-0.39, 0.29) is 6.61 Å². The molecule has 0 bridgehead atoms. The average molecular weight is 309 g/mol. The van der Waals surface area contributed by atoms with Gasteiger partial charge in [-0.05, 0) is 23.8 Å². The Balaban J connectivity index is 1.69. The fourth-order valence-electron chi connectivity index (χ4n) is 2.31. The number of rotatable bonds is 5. The van der Waals surface area contributed by atoms with E-state index in [9.17, 15) is 9.59 Å². The normalized spacial score (nSPS) is 10.5. The van der Waals surface area contributed by atoms with Crippen LogP contribution in [0.5, 0.6) is 5.75 Å². The van der Waals surface area contributed by atoms with E-state index in [1.54, 1.807) is 37.4 Å². The minimum Gasteiger partial charge on any atom is -0.497 e. The Morgan fingerprint density at radius 1 is 1.04 bits per heavy atom. The molecule has 0 fully saturated rings. The second-order valence-electron chi connectivity index (χ2n) is 5.00. The fourth-order valence-corrected chi connectivity index (χ4v) is 2.31. The minimum atomic E-state index is -0.870. The van der Waals surface area contributed by atoms with E-state index in [1.807, 2.05) is 18.2 Å². The van der Waals surface area contributed by atoms with Crippen LogP contribution in [0.4, 0.5) is 0 Å². The zero-order chi connectivity index (χ0) is 16.2. The lowest BCUT2D eigenvalue weighted by molar-refractivity contribution is -0.139. The van der Waals surface area contributed by atoms with Gasteiger partial charge in [-0.3, -0.25) is 4.79 Å². The van der Waals surface area contributed by atoms with Gasteiger partial charge in [-0.2, -0.15) is 0 Å². The van der Waals surface area contributed by atoms with Crippen molar-refractivity contribution in [2.24, 2.45) is 0 Å². The first-order chi connectivity index (χ1) is 11.2. The molecule has 0 unspecified atom stereocenters. The maximum atomic E-state index is 12.2. The highest BCUT2D eigenvalue weighted by Gasteiger charge is 2.21. The highest BCUT2D eigenvalue weighted by molar-refractivity contribution is 6.42. The van der Waals surface area contributed by atoms with Crippen molar-refractivity contribution in [3.05, 3.63) is 65.9 Å². The van der Waals surface area contributed by atoms with Crippen molar-refractivity contribution in [1.29, 1.82) is 0 Å². The first-order valence-corrected chi connectivity index (χ1v) is 7.09. The highest BCUT2D eigenvalue weighted by atomic mass is 16.5. The fraction of sp³-hybridized carbons (Fsp3) is 0.111. The van der Waals surface area contributed by atoms with Crippen LogP contribution in [0.25, 0.3) is 10.9 Å². The van der Waals surface area contributed by atoms with E-state index >= 15 is 0 Å². The van der Waals surface area contributed by atoms with Crippen LogP contribution in [-0.2, 0) is 16.1 Å². The van der Waals surface area contributed by atoms with Gasteiger partial charge in [0.2, 0.25) is 0 Å². The second-order valence-corrected chi connectivity index (χ2v) is 5.00. The van der Waals surface area contributed by atoms with Crippen LogP contribution in [0.15, 0.2) is 54.7 Å². The number of hydrogen-bond acceptors (Lipinski definition) is 4. The summed E-state index contributed by atoms with van der Waals surface area (Å²) in [4.78, 5) is 27.2. The van der Waals surface area contributed by atoms with Crippen LogP contribution in [0, 0.1) is 0 Å². The summed E-state index contributed by atoms with van der Waals surface area (Å²) in [6, 6.07) is 14.4. The molecule has 0 aliphatic rings. The third-order valence-electron chi connectivity index (χ3n) is 3.55. The molecule has 0 spiro atoms. The molecule has 1 aromatic heterocycles. The number of esters is 1. The maximum absolute atomic E-state index is 12.2. The number of fused-ring (bicyclic) bond motifs is 1. The van der Waals surface area contributed by atoms with Gasteiger partial charge in [0.1, 0.15) is 12.4 Å². The topological polar surface area (TPSA) is 68.4 Å². The van der Waals surface area contributed by atoms with Gasteiger partial charge in [0.05, 0.1) is 12.7 Å². The van der Waals surface area contributed by atoms with E-state index in [1.165, 1.54) is 6.20 Å². The minimum absolute atomic E-state index is 0.0386. The summed E-state index contributed by atoms with van der Waals surface area (Å²) in [5, 5.41) is 0.707. The van der Waals surface area contributed by atoms with E-state index in [2.05, 4.69) is 4.98 Å². The quantitative estimate of drug-likeness (QED) is 0.447. The Labute approximate surface area is 132 Å². The lowest BCUT2D eigenvalue weighted by atomic mass is 10.1. The molecule has 0 radical (unpaired) electrons. The number of Topliss-reactive ketones (excluding diaryl/α,β-unsaturated/α-hetero) is 1. The third kappa shape index (κ3) is 3.08. The molecule has 2 aromatic carbocycles. The molecule has 0 amide bonds. The zero-order valence-electron chi connectivity index (χ0n) is 12.5. The summed E-state index contributed by atoms with van der Waals surface area (Å²) in [5.74, 6) is -0.809. The number of methoxy groups -OCH3 is 1. The molecule has 1 N–H and O–H groups in total. The maximum Gasteiger partial charge on any atom is 0.380 e. The monoisotopic (exact) mass is 309 g/mol. The molecule has 5 nitrogen and oxygen atoms in total. The first kappa shape index (κ1) is 14.8. The summed E-state index contributed by atoms with van der Waals surface area (Å²) in [7, 11) is 1.58. The Bertz CT molecular complexity index is 849. The van der Waals surface area contributed by atoms with Crippen molar-refractivity contribution in [3.63, 3.8) is 0 Å². The van der Waals surface area contributed by atoms with Crippen LogP contribution in [0.3, 0.4) is 0 Å². The second kappa shape index (κ2) is 6.36.